The van der Waals surface area contributed by atoms with Gasteiger partial charge in [-0.15, -0.1) is 0 Å². The fraction of sp³-hybridized carbons (Fsp3) is 0.846. The fourth-order valence-electron chi connectivity index (χ4n) is 6.99. The quantitative estimate of drug-likeness (QED) is 0.0420. The summed E-state index contributed by atoms with van der Waals surface area (Å²) in [5.41, 5.74) is 0.0399. The SMILES string of the molecule is C.CC.CC(C)(C)NC(=O)CCC(=O)NO.CC(C)(C)NC(=O)CCC(=O)O.CC(C)(C)NC(=O)CCCC(=O)O.CC(C)(C)NC(=O)CN1CCNCC1.CC(C)(C)NC(=O)CN1CCOCC1.CC(C)(C)NC(=O)CNCCO.CN(CCO)CC(=O)NC(C)(C)C. The first-order valence-corrected chi connectivity index (χ1v) is 32.1. The predicted octanol–water partition coefficient (Wildman–Crippen LogP) is 3.12. The number of carboxylic acid groups (broad SMARTS) is 2. The lowest BCUT2D eigenvalue weighted by Crippen LogP contribution is -2.50. The van der Waals surface area contributed by atoms with Crippen LogP contribution in [0, 0.1) is 0 Å². The summed E-state index contributed by atoms with van der Waals surface area (Å²) in [5.74, 6) is -2.69. The number of carbonyl (C=O) groups excluding carboxylic acids is 8. The normalized spacial score (nSPS) is 13.3. The Labute approximate surface area is 566 Å². The monoisotopic (exact) mass is 1360 g/mol. The summed E-state index contributed by atoms with van der Waals surface area (Å²) in [6, 6.07) is 0. The number of aliphatic carboxylic acids is 2. The van der Waals surface area contributed by atoms with E-state index in [1.54, 1.807) is 11.9 Å². The second-order valence-corrected chi connectivity index (χ2v) is 29.0. The van der Waals surface area contributed by atoms with Gasteiger partial charge >= 0.3 is 11.9 Å². The summed E-state index contributed by atoms with van der Waals surface area (Å²) in [6.45, 7) is 54.2. The third-order valence-corrected chi connectivity index (χ3v) is 10.2. The lowest BCUT2D eigenvalue weighted by atomic mass is 10.1. The molecule has 2 fully saturated rings. The Morgan fingerprint density at radius 2 is 0.755 bits per heavy atom. The summed E-state index contributed by atoms with van der Waals surface area (Å²) in [7, 11) is 1.80. The number of piperazine rings is 1. The third kappa shape index (κ3) is 90.5. The van der Waals surface area contributed by atoms with Crippen molar-refractivity contribution in [3.05, 3.63) is 0 Å². The zero-order valence-electron chi connectivity index (χ0n) is 61.8. The Bertz CT molecular complexity index is 2030. The van der Waals surface area contributed by atoms with Crippen molar-refractivity contribution >= 4 is 59.2 Å². The van der Waals surface area contributed by atoms with Gasteiger partial charge in [0.1, 0.15) is 0 Å². The molecule has 2 rings (SSSR count). The average Bonchev–Trinajstić information content (AvgIpc) is 1.31. The van der Waals surface area contributed by atoms with E-state index in [0.29, 0.717) is 39.1 Å². The maximum atomic E-state index is 11.6. The van der Waals surface area contributed by atoms with Gasteiger partial charge in [-0.3, -0.25) is 67.9 Å². The molecule has 29 nitrogen and oxygen atoms in total. The van der Waals surface area contributed by atoms with Gasteiger partial charge < -0.3 is 73.0 Å². The van der Waals surface area contributed by atoms with E-state index in [0.717, 1.165) is 52.5 Å². The molecule has 0 aromatic carbocycles. The Kier molecular flexibility index (Phi) is 59.0. The Balaban J connectivity index is -0.000000187. The smallest absolute Gasteiger partial charge is 0.303 e. The zero-order valence-corrected chi connectivity index (χ0v) is 61.8. The van der Waals surface area contributed by atoms with Crippen LogP contribution in [0.25, 0.3) is 0 Å². The van der Waals surface area contributed by atoms with Gasteiger partial charge in [-0.25, -0.2) is 5.48 Å². The van der Waals surface area contributed by atoms with E-state index < -0.39 is 17.8 Å². The molecule has 0 aromatic heterocycles. The minimum absolute atomic E-state index is 0. The number of hydrogen-bond donors (Lipinski definition) is 15. The van der Waals surface area contributed by atoms with E-state index >= 15 is 0 Å². The third-order valence-electron chi connectivity index (χ3n) is 10.2. The number of amides is 8. The molecule has 0 aliphatic carbocycles. The van der Waals surface area contributed by atoms with Crippen LogP contribution in [-0.4, -0.2) is 250 Å². The number of aliphatic hydroxyl groups is 2. The molecule has 0 bridgehead atoms. The van der Waals surface area contributed by atoms with Gasteiger partial charge in [-0.1, -0.05) is 21.3 Å². The molecule has 2 saturated heterocycles. The highest BCUT2D eigenvalue weighted by atomic mass is 16.5. The highest BCUT2D eigenvalue weighted by Crippen LogP contribution is 2.06. The van der Waals surface area contributed by atoms with Crippen LogP contribution in [0.2, 0.25) is 0 Å². The minimum Gasteiger partial charge on any atom is -0.481 e. The first kappa shape index (κ1) is 102. The topological polar surface area (TPSA) is 411 Å². The fourth-order valence-corrected chi connectivity index (χ4v) is 6.99. The minimum atomic E-state index is -0.945. The maximum Gasteiger partial charge on any atom is 0.303 e. The van der Waals surface area contributed by atoms with Gasteiger partial charge in [0, 0.05) is 123 Å². The molecule has 94 heavy (non-hydrogen) atoms. The van der Waals surface area contributed by atoms with E-state index in [-0.39, 0.29) is 146 Å². The van der Waals surface area contributed by atoms with E-state index in [2.05, 4.69) is 57.7 Å². The largest absolute Gasteiger partial charge is 0.481 e. The first-order valence-electron chi connectivity index (χ1n) is 32.1. The Morgan fingerprint density at radius 3 is 1.10 bits per heavy atom. The Hall–Kier alpha value is -5.66. The van der Waals surface area contributed by atoms with Crippen molar-refractivity contribution in [1.82, 2.24) is 68.0 Å². The average molecular weight is 1360 g/mol. The molecule has 2 aliphatic rings. The highest BCUT2D eigenvalue weighted by molar-refractivity contribution is 5.84. The predicted molar refractivity (Wildman–Crippen MR) is 372 cm³/mol. The summed E-state index contributed by atoms with van der Waals surface area (Å²) in [5, 5.41) is 67.5. The van der Waals surface area contributed by atoms with Gasteiger partial charge in [0.05, 0.1) is 59.0 Å². The van der Waals surface area contributed by atoms with E-state index in [1.807, 2.05) is 159 Å². The van der Waals surface area contributed by atoms with Gasteiger partial charge in [0.25, 0.3) is 0 Å². The number of morpholine rings is 1. The van der Waals surface area contributed by atoms with Crippen molar-refractivity contribution < 1.29 is 78.3 Å². The summed E-state index contributed by atoms with van der Waals surface area (Å²) in [6.07, 6.45) is 0.759. The van der Waals surface area contributed by atoms with Gasteiger partial charge in [-0.2, -0.15) is 0 Å². The summed E-state index contributed by atoms with van der Waals surface area (Å²) < 4.78 is 5.21. The van der Waals surface area contributed by atoms with Crippen LogP contribution in [0.4, 0.5) is 0 Å². The van der Waals surface area contributed by atoms with Crippen molar-refractivity contribution in [2.75, 3.05) is 112 Å². The van der Waals surface area contributed by atoms with Crippen LogP contribution in [-0.2, 0) is 52.7 Å². The maximum absolute atomic E-state index is 11.6. The molecule has 29 heteroatoms. The van der Waals surface area contributed by atoms with E-state index in [9.17, 15) is 47.9 Å². The number of hydroxylamine groups is 1. The van der Waals surface area contributed by atoms with Gasteiger partial charge in [-0.05, 0) is 159 Å². The molecule has 0 unspecified atom stereocenters. The molecule has 558 valence electrons. The molecule has 0 aromatic rings. The lowest BCUT2D eigenvalue weighted by Gasteiger charge is -2.28. The highest BCUT2D eigenvalue weighted by Gasteiger charge is 2.21. The van der Waals surface area contributed by atoms with E-state index in [4.69, 9.17) is 30.4 Å². The number of carboxylic acids is 2. The molecular weight excluding hydrogens is 1220 g/mol. The number of nitrogens with one attached hydrogen (secondary N) is 10. The Morgan fingerprint density at radius 1 is 0.436 bits per heavy atom. The molecule has 2 aliphatic heterocycles. The van der Waals surface area contributed by atoms with Crippen molar-refractivity contribution in [3.63, 3.8) is 0 Å². The van der Waals surface area contributed by atoms with E-state index in [1.165, 1.54) is 5.48 Å². The van der Waals surface area contributed by atoms with Crippen LogP contribution in [0.5, 0.6) is 0 Å². The number of carbonyl (C=O) groups is 10. The number of hydrogen-bond acceptors (Lipinski definition) is 19. The number of aliphatic hydroxyl groups excluding tert-OH is 2. The van der Waals surface area contributed by atoms with Gasteiger partial charge in [0.15, 0.2) is 0 Å². The number of ether oxygens (including phenoxy) is 1. The number of rotatable bonds is 22. The van der Waals surface area contributed by atoms with Crippen LogP contribution in [0.1, 0.15) is 212 Å². The van der Waals surface area contributed by atoms with Crippen molar-refractivity contribution in [2.24, 2.45) is 0 Å². The molecule has 0 saturated carbocycles. The second kappa shape index (κ2) is 54.5. The lowest BCUT2D eigenvalue weighted by molar-refractivity contribution is -0.139. The summed E-state index contributed by atoms with van der Waals surface area (Å²) >= 11 is 0. The molecule has 0 atom stereocenters. The molecule has 15 N–H and O–H groups in total. The van der Waals surface area contributed by atoms with Crippen LogP contribution in [0.15, 0.2) is 0 Å². The van der Waals surface area contributed by atoms with Gasteiger partial charge in [0.2, 0.25) is 47.3 Å². The van der Waals surface area contributed by atoms with Crippen LogP contribution >= 0.6 is 0 Å². The number of likely N-dealkylation sites (N-methyl/N-ethyl adjacent to an activating group) is 1. The standard InChI is InChI=1S/C10H21N3O.C10H20N2O2.C9H20N2O2.C9H17NO3.C8H16N2O3.C8H18N2O2.C8H15NO3.C2H6.CH4/c1-10(2,3)12-9(14)8-13-6-4-11-5-7-13;1-10(2,3)11-9(13)8-12-4-6-14-7-5-12;1-9(2,3)10-8(13)7-11(4)5-6-12;1-9(2,3)10-7(11)5-4-6-8(12)13;1-8(2,3)9-6(11)4-5-7(12)10-13;1-8(2,3)10-7(12)6-9-4-5-11;1-8(2,3)9-6(10)4-5-7(11)12;1-2;/h11H,4-8H2,1-3H3,(H,12,14);4-8H2,1-3H3,(H,11,13);12H,5-7H2,1-4H3,(H,10,13);4-6H2,1-3H3,(H,10,11)(H,12,13);13H,4-5H2,1-3H3,(H,9,11)(H,10,12);9,11H,4-6H2,1-3H3,(H,10,12);4-5H2,1-3H3,(H,9,10)(H,11,12);1-2H3;1H4. The molecule has 0 radical (unpaired) electrons. The summed E-state index contributed by atoms with van der Waals surface area (Å²) in [4.78, 5) is 116. The molecular formula is C65H137N13O16. The van der Waals surface area contributed by atoms with Crippen molar-refractivity contribution in [1.29, 1.82) is 0 Å². The van der Waals surface area contributed by atoms with Crippen molar-refractivity contribution in [2.45, 2.75) is 250 Å². The van der Waals surface area contributed by atoms with Crippen LogP contribution < -0.4 is 53.3 Å². The van der Waals surface area contributed by atoms with Crippen molar-refractivity contribution in [3.8, 4) is 0 Å². The second-order valence-electron chi connectivity index (χ2n) is 29.0. The molecule has 8 amide bonds. The first-order chi connectivity index (χ1) is 42.2. The van der Waals surface area contributed by atoms with Crippen LogP contribution in [0.3, 0.4) is 0 Å². The number of nitrogens with zero attached hydrogens (tertiary/aromatic N) is 3. The zero-order chi connectivity index (χ0) is 74.0. The molecule has 2 heterocycles. The molecule has 0 spiro atoms.